The van der Waals surface area contributed by atoms with Gasteiger partial charge in [0.2, 0.25) is 0 Å². The monoisotopic (exact) mass is 738 g/mol. The van der Waals surface area contributed by atoms with E-state index in [1.807, 2.05) is 85.1 Å². The minimum absolute atomic E-state index is 0. The van der Waals surface area contributed by atoms with Crippen molar-refractivity contribution in [3.63, 3.8) is 0 Å². The minimum atomic E-state index is -0.320. The maximum Gasteiger partial charge on any atom is 2.00 e. The van der Waals surface area contributed by atoms with Crippen LogP contribution in [0.25, 0.3) is 56.5 Å². The van der Waals surface area contributed by atoms with E-state index >= 15 is 0 Å². The molecule has 4 nitrogen and oxygen atoms in total. The van der Waals surface area contributed by atoms with E-state index in [0.717, 1.165) is 39.1 Å². The standard InChI is InChI=1S/C35H24N4.U/c1-35(2)29-22-26(23-12-6-3-7-13-23)18-19-27(29)28-20-21-36-31(30(28)35)34-38-32(24-14-8-4-9-15-24)37-33(39-34)25-16-10-5-11-17-25;/h3-12,14-17,19-22H,1-2H3;/q-2;+2. The molecule has 0 spiro atoms. The van der Waals surface area contributed by atoms with E-state index in [0.29, 0.717) is 17.5 Å². The maximum atomic E-state index is 4.97. The summed E-state index contributed by atoms with van der Waals surface area (Å²) in [6.45, 7) is 4.50. The van der Waals surface area contributed by atoms with Gasteiger partial charge in [-0.05, 0) is 17.0 Å². The molecule has 2 aromatic heterocycles. The summed E-state index contributed by atoms with van der Waals surface area (Å²) in [5, 5.41) is 0. The number of pyridine rings is 1. The zero-order chi connectivity index (χ0) is 26.4. The van der Waals surface area contributed by atoms with Gasteiger partial charge in [-0.3, -0.25) is 4.98 Å². The molecule has 0 saturated heterocycles. The van der Waals surface area contributed by atoms with E-state index < -0.39 is 0 Å². The zero-order valence-corrected chi connectivity index (χ0v) is 26.3. The van der Waals surface area contributed by atoms with E-state index in [4.69, 9.17) is 19.9 Å². The fourth-order valence-electron chi connectivity index (χ4n) is 5.49. The van der Waals surface area contributed by atoms with Gasteiger partial charge in [-0.15, -0.1) is 17.7 Å². The van der Waals surface area contributed by atoms with Crippen LogP contribution in [-0.2, 0) is 5.41 Å². The summed E-state index contributed by atoms with van der Waals surface area (Å²) in [4.78, 5) is 19.7. The van der Waals surface area contributed by atoms with E-state index in [-0.39, 0.29) is 36.5 Å². The first-order valence-electron chi connectivity index (χ1n) is 13.0. The van der Waals surface area contributed by atoms with Gasteiger partial charge >= 0.3 is 31.1 Å². The Morgan fingerprint density at radius 1 is 0.625 bits per heavy atom. The zero-order valence-electron chi connectivity index (χ0n) is 22.2. The number of fused-ring (bicyclic) bond motifs is 3. The molecule has 5 heteroatoms. The second-order valence-corrected chi connectivity index (χ2v) is 10.2. The van der Waals surface area contributed by atoms with Crippen LogP contribution < -0.4 is 0 Å². The number of rotatable bonds is 4. The number of benzene rings is 4. The minimum Gasteiger partial charge on any atom is -0.253 e. The molecule has 0 N–H and O–H groups in total. The first-order valence-corrected chi connectivity index (χ1v) is 13.0. The molecule has 6 aromatic rings. The third-order valence-corrected chi connectivity index (χ3v) is 7.40. The van der Waals surface area contributed by atoms with Crippen molar-refractivity contribution in [2.45, 2.75) is 19.3 Å². The van der Waals surface area contributed by atoms with Crippen LogP contribution in [0.1, 0.15) is 25.0 Å². The van der Waals surface area contributed by atoms with E-state index in [9.17, 15) is 0 Å². The number of hydrogen-bond donors (Lipinski definition) is 0. The fourth-order valence-corrected chi connectivity index (χ4v) is 5.49. The molecule has 4 aromatic carbocycles. The Morgan fingerprint density at radius 3 is 1.88 bits per heavy atom. The van der Waals surface area contributed by atoms with Gasteiger partial charge in [0.25, 0.3) is 0 Å². The number of hydrogen-bond acceptors (Lipinski definition) is 4. The number of nitrogens with zero attached hydrogens (tertiary/aromatic N) is 4. The summed E-state index contributed by atoms with van der Waals surface area (Å²) >= 11 is 0. The summed E-state index contributed by atoms with van der Waals surface area (Å²) in [6.07, 6.45) is 1.85. The van der Waals surface area contributed by atoms with Crippen molar-refractivity contribution in [1.82, 2.24) is 19.9 Å². The summed E-state index contributed by atoms with van der Waals surface area (Å²) in [6, 6.07) is 41.3. The SMILES string of the molecule is CC1(C)c2cc(-c3[c-]cccc3)[c-]cc2-c2ccnc(-c3nc(-c4ccccc4)nc(-c4ccccc4)n3)c21.[U+2]. The molecule has 188 valence electrons. The number of aromatic nitrogens is 4. The molecule has 0 fully saturated rings. The summed E-state index contributed by atoms with van der Waals surface area (Å²) in [7, 11) is 0. The predicted octanol–water partition coefficient (Wildman–Crippen LogP) is 7.84. The van der Waals surface area contributed by atoms with Crippen LogP contribution in [0.5, 0.6) is 0 Å². The molecule has 0 saturated carbocycles. The van der Waals surface area contributed by atoms with Crippen LogP contribution in [0.15, 0.2) is 109 Å². The van der Waals surface area contributed by atoms with Gasteiger partial charge in [0.05, 0.1) is 0 Å². The van der Waals surface area contributed by atoms with Crippen molar-refractivity contribution in [1.29, 1.82) is 0 Å². The van der Waals surface area contributed by atoms with Crippen molar-refractivity contribution >= 4 is 0 Å². The molecule has 0 unspecified atom stereocenters. The Kier molecular flexibility index (Phi) is 6.96. The van der Waals surface area contributed by atoms with Gasteiger partial charge < -0.3 is 0 Å². The normalized spacial score (nSPS) is 12.8. The molecule has 7 rings (SSSR count). The van der Waals surface area contributed by atoms with Crippen LogP contribution in [0, 0.1) is 43.2 Å². The van der Waals surface area contributed by atoms with Crippen molar-refractivity contribution in [2.75, 3.05) is 0 Å². The summed E-state index contributed by atoms with van der Waals surface area (Å²) < 4.78 is 0. The van der Waals surface area contributed by atoms with E-state index in [2.05, 4.69) is 50.2 Å². The molecular weight excluding hydrogens is 714 g/mol. The van der Waals surface area contributed by atoms with Gasteiger partial charge in [0.15, 0.2) is 17.5 Å². The second kappa shape index (κ2) is 10.6. The van der Waals surface area contributed by atoms with Crippen molar-refractivity contribution in [3.8, 4) is 56.5 Å². The average Bonchev–Trinajstić information content (AvgIpc) is 3.24. The van der Waals surface area contributed by atoms with Crippen LogP contribution in [0.3, 0.4) is 0 Å². The van der Waals surface area contributed by atoms with Gasteiger partial charge in [-0.1, -0.05) is 85.6 Å². The van der Waals surface area contributed by atoms with Gasteiger partial charge in [0.1, 0.15) is 5.69 Å². The average molecular weight is 739 g/mol. The second-order valence-electron chi connectivity index (χ2n) is 10.2. The molecule has 2 heterocycles. The van der Waals surface area contributed by atoms with Gasteiger partial charge in [-0.2, -0.15) is 36.4 Å². The fraction of sp³-hybridized carbons (Fsp3) is 0.0857. The Bertz CT molecular complexity index is 1760. The Morgan fingerprint density at radius 2 is 1.25 bits per heavy atom. The predicted molar refractivity (Wildman–Crippen MR) is 155 cm³/mol. The molecule has 1 aliphatic carbocycles. The first kappa shape index (κ1) is 26.3. The molecule has 0 aliphatic heterocycles. The van der Waals surface area contributed by atoms with Crippen LogP contribution in [0.4, 0.5) is 0 Å². The largest absolute Gasteiger partial charge is 2.00 e. The van der Waals surface area contributed by atoms with Crippen molar-refractivity contribution < 1.29 is 31.1 Å². The quantitative estimate of drug-likeness (QED) is 0.173. The summed E-state index contributed by atoms with van der Waals surface area (Å²) in [5.74, 6) is 1.82. The molecular formula is C35H24N4U. The van der Waals surface area contributed by atoms with Crippen LogP contribution >= 0.6 is 0 Å². The molecule has 0 amide bonds. The topological polar surface area (TPSA) is 51.6 Å². The third-order valence-electron chi connectivity index (χ3n) is 7.40. The summed E-state index contributed by atoms with van der Waals surface area (Å²) in [5.41, 5.74) is 9.05. The van der Waals surface area contributed by atoms with E-state index in [1.165, 1.54) is 11.1 Å². The molecule has 0 atom stereocenters. The van der Waals surface area contributed by atoms with Gasteiger partial charge in [0, 0.05) is 17.3 Å². The molecule has 1 aliphatic rings. The molecule has 0 radical (unpaired) electrons. The third kappa shape index (κ3) is 4.50. The molecule has 40 heavy (non-hydrogen) atoms. The van der Waals surface area contributed by atoms with Crippen molar-refractivity contribution in [3.05, 3.63) is 133 Å². The van der Waals surface area contributed by atoms with Crippen molar-refractivity contribution in [2.24, 2.45) is 0 Å². The first-order chi connectivity index (χ1) is 19.1. The van der Waals surface area contributed by atoms with Gasteiger partial charge in [-0.25, -0.2) is 26.1 Å². The Balaban J connectivity index is 0.00000289. The Labute approximate surface area is 258 Å². The smallest absolute Gasteiger partial charge is 0.253 e. The van der Waals surface area contributed by atoms with Crippen LogP contribution in [-0.4, -0.2) is 19.9 Å². The Hall–Kier alpha value is -3.91. The van der Waals surface area contributed by atoms with Crippen LogP contribution in [0.2, 0.25) is 0 Å². The maximum absolute atomic E-state index is 4.97. The van der Waals surface area contributed by atoms with E-state index in [1.54, 1.807) is 0 Å². The molecule has 0 bridgehead atoms.